The number of hydrogen-bond acceptors (Lipinski definition) is 13. The predicted molar refractivity (Wildman–Crippen MR) is 259 cm³/mol. The highest BCUT2D eigenvalue weighted by Crippen LogP contribution is 2.44. The molecule has 2 amide bonds. The Kier molecular flexibility index (Phi) is 13.6. The molecule has 0 unspecified atom stereocenters. The van der Waals surface area contributed by atoms with Crippen LogP contribution in [0.25, 0.3) is 16.6 Å². The monoisotopic (exact) mass is 966 g/mol. The van der Waals surface area contributed by atoms with E-state index in [9.17, 15) is 28.1 Å². The lowest BCUT2D eigenvalue weighted by molar-refractivity contribution is -0.384. The lowest BCUT2D eigenvalue weighted by atomic mass is 9.72. The number of nitro groups is 1. The topological polar surface area (TPSA) is 210 Å². The third-order valence-corrected chi connectivity index (χ3v) is 14.9. The maximum atomic E-state index is 14.1. The van der Waals surface area contributed by atoms with Crippen molar-refractivity contribution in [2.45, 2.75) is 63.3 Å². The van der Waals surface area contributed by atoms with Crippen LogP contribution in [0.5, 0.6) is 17.2 Å². The van der Waals surface area contributed by atoms with Gasteiger partial charge in [-0.1, -0.05) is 43.2 Å². The van der Waals surface area contributed by atoms with Crippen LogP contribution in [0.4, 0.5) is 17.1 Å². The Labute approximate surface area is 399 Å². The van der Waals surface area contributed by atoms with Gasteiger partial charge in [0.15, 0.2) is 11.4 Å². The van der Waals surface area contributed by atoms with Gasteiger partial charge in [-0.2, -0.15) is 0 Å². The van der Waals surface area contributed by atoms with Crippen molar-refractivity contribution in [2.75, 3.05) is 69.3 Å². The molecule has 1 aliphatic carbocycles. The van der Waals surface area contributed by atoms with Crippen LogP contribution in [0.2, 0.25) is 5.02 Å². The number of nitrogens with one attached hydrogen (secondary N) is 4. The number of carbonyl (C=O) groups is 2. The average molecular weight is 968 g/mol. The summed E-state index contributed by atoms with van der Waals surface area (Å²) in [6, 6.07) is 18.4. The van der Waals surface area contributed by atoms with Crippen molar-refractivity contribution >= 4 is 67.1 Å². The largest absolute Gasteiger partial charge is 0.489 e. The maximum Gasteiger partial charge on any atom is 0.297 e. The first-order valence-corrected chi connectivity index (χ1v) is 24.9. The van der Waals surface area contributed by atoms with E-state index in [4.69, 9.17) is 25.8 Å². The van der Waals surface area contributed by atoms with E-state index in [1.807, 2.05) is 18.2 Å². The van der Waals surface area contributed by atoms with Crippen molar-refractivity contribution in [3.8, 4) is 17.2 Å². The van der Waals surface area contributed by atoms with Crippen LogP contribution in [-0.4, -0.2) is 105 Å². The van der Waals surface area contributed by atoms with Gasteiger partial charge in [-0.3, -0.25) is 24.6 Å². The molecule has 358 valence electrons. The second-order valence-corrected chi connectivity index (χ2v) is 20.8. The molecular formula is C49H55ClN8O9S. The minimum atomic E-state index is -4.70. The summed E-state index contributed by atoms with van der Waals surface area (Å²) in [4.78, 5) is 50.0. The Bertz CT molecular complexity index is 2860. The number of nitro benzene ring substituents is 1. The van der Waals surface area contributed by atoms with Crippen molar-refractivity contribution in [3.63, 3.8) is 0 Å². The Morgan fingerprint density at radius 1 is 1.03 bits per heavy atom. The summed E-state index contributed by atoms with van der Waals surface area (Å²) in [5.74, 6) is -0.831. The van der Waals surface area contributed by atoms with E-state index < -0.39 is 37.5 Å². The molecule has 2 aromatic heterocycles. The number of sulfonamides is 1. The predicted octanol–water partition coefficient (Wildman–Crippen LogP) is 7.93. The molecule has 3 aliphatic heterocycles. The van der Waals surface area contributed by atoms with Crippen molar-refractivity contribution < 1.29 is 37.1 Å². The fraction of sp³-hybridized carbons (Fsp3) is 0.408. The number of carbonyl (C=O) groups excluding carboxylic acids is 2. The number of ether oxygens (including phenoxy) is 3. The maximum absolute atomic E-state index is 14.1. The highest BCUT2D eigenvalue weighted by molar-refractivity contribution is 7.90. The first kappa shape index (κ1) is 46.9. The van der Waals surface area contributed by atoms with Crippen LogP contribution < -0.4 is 29.7 Å². The molecule has 17 nitrogen and oxygen atoms in total. The first-order valence-electron chi connectivity index (χ1n) is 23.0. The van der Waals surface area contributed by atoms with Crippen LogP contribution >= 0.6 is 11.6 Å². The molecule has 4 aliphatic rings. The second-order valence-electron chi connectivity index (χ2n) is 18.7. The number of amides is 2. The van der Waals surface area contributed by atoms with Crippen LogP contribution in [0.1, 0.15) is 68.3 Å². The van der Waals surface area contributed by atoms with Crippen LogP contribution in [0.15, 0.2) is 89.6 Å². The normalized spacial score (nSPS) is 18.9. The third kappa shape index (κ3) is 10.7. The minimum Gasteiger partial charge on any atom is -0.489 e. The van der Waals surface area contributed by atoms with E-state index >= 15 is 0 Å². The number of pyridine rings is 1. The van der Waals surface area contributed by atoms with Gasteiger partial charge < -0.3 is 34.7 Å². The van der Waals surface area contributed by atoms with E-state index in [0.717, 1.165) is 67.1 Å². The molecule has 0 bridgehead atoms. The van der Waals surface area contributed by atoms with Crippen LogP contribution in [0, 0.1) is 21.4 Å². The smallest absolute Gasteiger partial charge is 0.297 e. The molecule has 0 spiro atoms. The molecule has 3 aromatic carbocycles. The van der Waals surface area contributed by atoms with Gasteiger partial charge in [0.25, 0.3) is 21.6 Å². The molecule has 9 rings (SSSR count). The number of aromatic amines is 1. The highest BCUT2D eigenvalue weighted by atomic mass is 35.5. The number of rotatable bonds is 14. The van der Waals surface area contributed by atoms with Gasteiger partial charge in [0.05, 0.1) is 27.6 Å². The Morgan fingerprint density at radius 3 is 2.57 bits per heavy atom. The number of fused-ring (bicyclic) bond motifs is 2. The van der Waals surface area contributed by atoms with E-state index in [1.165, 1.54) is 29.0 Å². The molecular weight excluding hydrogens is 912 g/mol. The van der Waals surface area contributed by atoms with E-state index in [1.54, 1.807) is 24.4 Å². The number of allylic oxidation sites excluding steroid dienone is 1. The number of anilines is 2. The fourth-order valence-corrected chi connectivity index (χ4v) is 10.5. The van der Waals surface area contributed by atoms with E-state index in [0.29, 0.717) is 63.5 Å². The van der Waals surface area contributed by atoms with Gasteiger partial charge >= 0.3 is 0 Å². The summed E-state index contributed by atoms with van der Waals surface area (Å²) in [5.41, 5.74) is 5.09. The lowest BCUT2D eigenvalue weighted by Crippen LogP contribution is -2.47. The SMILES string of the molecule is CC1(C)CCC(CN2CCN(c3ccc(C(=O)NS(=O)(=O)c4cc5c(c([N+](=O)[O-])c4)N[C@H](CCNC(=O)C4CCOCC4)CO5)c(Oc4cnc5[nH]ccc5c4)c3)CC2)=C(c2ccc(Cl)cc2)C1. The zero-order valence-corrected chi connectivity index (χ0v) is 39.6. The quantitative estimate of drug-likeness (QED) is 0.0616. The highest BCUT2D eigenvalue weighted by Gasteiger charge is 2.34. The van der Waals surface area contributed by atoms with E-state index in [2.05, 4.69) is 61.1 Å². The van der Waals surface area contributed by atoms with Gasteiger partial charge in [-0.25, -0.2) is 18.1 Å². The summed E-state index contributed by atoms with van der Waals surface area (Å²) in [6.45, 7) is 9.96. The number of nitrogens with zero attached hydrogens (tertiary/aromatic N) is 4. The Balaban J connectivity index is 0.907. The number of aromatic nitrogens is 2. The summed E-state index contributed by atoms with van der Waals surface area (Å²) in [6.07, 6.45) is 8.11. The van der Waals surface area contributed by atoms with Gasteiger partial charge in [-0.05, 0) is 91.5 Å². The molecule has 0 saturated carbocycles. The summed E-state index contributed by atoms with van der Waals surface area (Å²) in [7, 11) is -4.70. The van der Waals surface area contributed by atoms with Gasteiger partial charge in [0.1, 0.15) is 23.8 Å². The molecule has 2 fully saturated rings. The summed E-state index contributed by atoms with van der Waals surface area (Å²) >= 11 is 6.25. The fourth-order valence-electron chi connectivity index (χ4n) is 9.42. The Morgan fingerprint density at radius 2 is 1.81 bits per heavy atom. The van der Waals surface area contributed by atoms with Gasteiger partial charge in [0, 0.05) is 98.9 Å². The average Bonchev–Trinajstić information content (AvgIpc) is 3.80. The van der Waals surface area contributed by atoms with E-state index in [-0.39, 0.29) is 46.6 Å². The third-order valence-electron chi connectivity index (χ3n) is 13.3. The second kappa shape index (κ2) is 19.8. The standard InChI is InChI=1S/C49H55ClN8O9S/c1-49(2)14-9-34(41(27-49)31-3-5-35(50)6-4-31)29-56-17-19-57(20-18-56)37-7-8-40(43(24-37)67-38-23-33-10-15-51-46(33)53-28-38)48(60)55-68(63,64)39-25-42(58(61)62)45-44(26-39)66-30-36(54-45)11-16-52-47(59)32-12-21-65-22-13-32/h3-8,10,15,23-26,28,32,36,54H,9,11-14,16-22,27,29-30H2,1-2H3,(H,51,53)(H,52,59)(H,55,60)/t36-/m1/s1. The summed E-state index contributed by atoms with van der Waals surface area (Å²) < 4.78 is 47.5. The molecule has 1 atom stereocenters. The van der Waals surface area contributed by atoms with Crippen LogP contribution in [-0.2, 0) is 19.6 Å². The Hall–Kier alpha value is -6.21. The molecule has 5 heterocycles. The molecule has 5 aromatic rings. The van der Waals surface area contributed by atoms with Crippen LogP contribution in [0.3, 0.4) is 0 Å². The number of piperazine rings is 1. The minimum absolute atomic E-state index is 0.00481. The summed E-state index contributed by atoms with van der Waals surface area (Å²) in [5, 5.41) is 19.9. The number of halogens is 1. The lowest BCUT2D eigenvalue weighted by Gasteiger charge is -2.39. The van der Waals surface area contributed by atoms with Gasteiger partial charge in [-0.15, -0.1) is 0 Å². The molecule has 68 heavy (non-hydrogen) atoms. The first-order chi connectivity index (χ1) is 32.7. The molecule has 19 heteroatoms. The van der Waals surface area contributed by atoms with Gasteiger partial charge in [0.2, 0.25) is 5.91 Å². The molecule has 2 saturated heterocycles. The van der Waals surface area contributed by atoms with Crippen molar-refractivity contribution in [1.29, 1.82) is 0 Å². The molecule has 4 N–H and O–H groups in total. The number of H-pyrrole nitrogens is 1. The van der Waals surface area contributed by atoms with Crippen molar-refractivity contribution in [2.24, 2.45) is 11.3 Å². The molecule has 0 radical (unpaired) electrons. The number of benzene rings is 3. The van der Waals surface area contributed by atoms with Crippen molar-refractivity contribution in [3.05, 3.63) is 111 Å². The van der Waals surface area contributed by atoms with Crippen molar-refractivity contribution in [1.82, 2.24) is 24.9 Å². The zero-order valence-electron chi connectivity index (χ0n) is 38.0. The zero-order chi connectivity index (χ0) is 47.6. The number of hydrogen-bond donors (Lipinski definition) is 4.